The van der Waals surface area contributed by atoms with E-state index in [1.54, 1.807) is 7.05 Å². The predicted octanol–water partition coefficient (Wildman–Crippen LogP) is 2.25. The van der Waals surface area contributed by atoms with E-state index in [4.69, 9.17) is 0 Å². The summed E-state index contributed by atoms with van der Waals surface area (Å²) in [5, 5.41) is 1.38. The van der Waals surface area contributed by atoms with Crippen LogP contribution in [0.1, 0.15) is 24.1 Å². The van der Waals surface area contributed by atoms with E-state index >= 15 is 0 Å². The van der Waals surface area contributed by atoms with Crippen LogP contribution in [0.25, 0.3) is 0 Å². The lowest BCUT2D eigenvalue weighted by Gasteiger charge is -2.29. The highest BCUT2D eigenvalue weighted by Crippen LogP contribution is 2.40. The molecule has 1 N–H and O–H groups in total. The molecule has 0 radical (unpaired) electrons. The zero-order valence-electron chi connectivity index (χ0n) is 12.1. The van der Waals surface area contributed by atoms with Crippen molar-refractivity contribution < 1.29 is 18.0 Å². The number of urea groups is 1. The van der Waals surface area contributed by atoms with E-state index in [1.807, 2.05) is 4.90 Å². The third kappa shape index (κ3) is 2.87. The highest BCUT2D eigenvalue weighted by Gasteiger charge is 2.45. The Kier molecular flexibility index (Phi) is 3.72. The van der Waals surface area contributed by atoms with Crippen molar-refractivity contribution in [2.24, 2.45) is 5.92 Å². The molecular weight excluding hydrogens is 297 g/mol. The number of fused-ring (bicyclic) bond motifs is 1. The number of nitrogens with zero attached hydrogens (tertiary/aromatic N) is 3. The van der Waals surface area contributed by atoms with Crippen molar-refractivity contribution in [2.45, 2.75) is 31.6 Å². The lowest BCUT2D eigenvalue weighted by Crippen LogP contribution is -2.48. The van der Waals surface area contributed by atoms with Gasteiger partial charge in [0, 0.05) is 25.8 Å². The average molecular weight is 314 g/mol. The maximum atomic E-state index is 12.4. The Hall–Kier alpha value is -1.83. The Balaban J connectivity index is 1.52. The molecule has 2 aliphatic heterocycles. The molecule has 5 nitrogen and oxygen atoms in total. The lowest BCUT2D eigenvalue weighted by atomic mass is 9.86. The molecule has 3 fully saturated rings. The Morgan fingerprint density at radius 3 is 2.68 bits per heavy atom. The topological polar surface area (TPSA) is 48.5 Å². The summed E-state index contributed by atoms with van der Waals surface area (Å²) in [5.74, 6) is 0.638. The van der Waals surface area contributed by atoms with Gasteiger partial charge in [-0.15, -0.1) is 0 Å². The fourth-order valence-corrected chi connectivity index (χ4v) is 2.92. The van der Waals surface area contributed by atoms with Gasteiger partial charge in [-0.1, -0.05) is 0 Å². The molecule has 8 heteroatoms. The molecule has 120 valence electrons. The summed E-state index contributed by atoms with van der Waals surface area (Å²) >= 11 is 0. The summed E-state index contributed by atoms with van der Waals surface area (Å²) in [6, 6.07) is 2.55. The average Bonchev–Trinajstić information content (AvgIpc) is 3.03. The number of aromatic nitrogens is 1. The number of hydrazine groups is 1. The Morgan fingerprint density at radius 2 is 2.18 bits per heavy atom. The monoisotopic (exact) mass is 314 g/mol. The van der Waals surface area contributed by atoms with E-state index in [2.05, 4.69) is 10.4 Å². The van der Waals surface area contributed by atoms with Gasteiger partial charge in [-0.3, -0.25) is 9.99 Å². The van der Waals surface area contributed by atoms with Crippen LogP contribution in [0.2, 0.25) is 0 Å². The van der Waals surface area contributed by atoms with Crippen molar-refractivity contribution in [3.05, 3.63) is 29.6 Å². The summed E-state index contributed by atoms with van der Waals surface area (Å²) in [4.78, 5) is 17.8. The second-order valence-electron chi connectivity index (χ2n) is 5.86. The highest BCUT2D eigenvalue weighted by molar-refractivity contribution is 5.74. The van der Waals surface area contributed by atoms with Crippen LogP contribution in [-0.4, -0.2) is 40.6 Å². The van der Waals surface area contributed by atoms with Gasteiger partial charge in [0.2, 0.25) is 0 Å². The molecule has 22 heavy (non-hydrogen) atoms. The summed E-state index contributed by atoms with van der Waals surface area (Å²) in [7, 11) is 1.61. The lowest BCUT2D eigenvalue weighted by molar-refractivity contribution is -0.137. The first-order valence-corrected chi connectivity index (χ1v) is 7.14. The van der Waals surface area contributed by atoms with Crippen LogP contribution >= 0.6 is 0 Å². The van der Waals surface area contributed by atoms with Crippen LogP contribution in [0.4, 0.5) is 18.0 Å². The summed E-state index contributed by atoms with van der Waals surface area (Å²) in [6.45, 7) is 0.996. The number of nitrogens with one attached hydrogen (secondary N) is 1. The van der Waals surface area contributed by atoms with E-state index in [0.29, 0.717) is 17.7 Å². The van der Waals surface area contributed by atoms with Gasteiger partial charge in [0.05, 0.1) is 17.8 Å². The molecule has 0 aromatic carbocycles. The van der Waals surface area contributed by atoms with Gasteiger partial charge in [-0.2, -0.15) is 13.2 Å². The largest absolute Gasteiger partial charge is 0.417 e. The first-order chi connectivity index (χ1) is 10.3. The second-order valence-corrected chi connectivity index (χ2v) is 5.86. The van der Waals surface area contributed by atoms with E-state index < -0.39 is 11.7 Å². The van der Waals surface area contributed by atoms with Crippen molar-refractivity contribution in [1.29, 1.82) is 0 Å². The molecule has 1 saturated carbocycles. The van der Waals surface area contributed by atoms with Crippen LogP contribution in [-0.2, 0) is 12.7 Å². The quantitative estimate of drug-likeness (QED) is 0.871. The number of hydrogen-bond donors (Lipinski definition) is 1. The third-order valence-corrected chi connectivity index (χ3v) is 4.29. The predicted molar refractivity (Wildman–Crippen MR) is 72.5 cm³/mol. The summed E-state index contributed by atoms with van der Waals surface area (Å²) < 4.78 is 37.3. The molecule has 3 heterocycles. The van der Waals surface area contributed by atoms with E-state index in [1.165, 1.54) is 11.1 Å². The molecule has 0 spiro atoms. The number of halogens is 3. The van der Waals surface area contributed by atoms with E-state index in [0.717, 1.165) is 31.6 Å². The Morgan fingerprint density at radius 1 is 1.45 bits per heavy atom. The zero-order chi connectivity index (χ0) is 15.9. The van der Waals surface area contributed by atoms with Crippen LogP contribution in [0.5, 0.6) is 0 Å². The molecule has 1 aliphatic carbocycles. The minimum Gasteiger partial charge on any atom is -0.320 e. The number of alkyl halides is 3. The Labute approximate surface area is 126 Å². The molecule has 4 rings (SSSR count). The Bertz CT molecular complexity index is 554. The molecule has 2 bridgehead atoms. The maximum absolute atomic E-state index is 12.4. The van der Waals surface area contributed by atoms with E-state index in [9.17, 15) is 18.0 Å². The SMILES string of the molecule is CN(NCc1ccc(C(F)(F)F)cn1)C(=O)N1CC2CC1C2. The number of pyridine rings is 1. The maximum Gasteiger partial charge on any atom is 0.417 e. The second kappa shape index (κ2) is 5.42. The minimum atomic E-state index is -4.39. The number of carbonyl (C=O) groups excluding carboxylic acids is 1. The smallest absolute Gasteiger partial charge is 0.320 e. The zero-order valence-corrected chi connectivity index (χ0v) is 12.1. The molecule has 2 amide bonds. The summed E-state index contributed by atoms with van der Waals surface area (Å²) in [5.41, 5.74) is 2.53. The van der Waals surface area contributed by atoms with Crippen molar-refractivity contribution in [2.75, 3.05) is 13.6 Å². The standard InChI is InChI=1S/C14H17F3N4O/c1-20(13(22)21-8-9-4-12(21)5-9)19-7-11-3-2-10(6-18-11)14(15,16)17/h2-3,6,9,12,19H,4-5,7-8H2,1H3. The van der Waals surface area contributed by atoms with Crippen LogP contribution in [0.15, 0.2) is 18.3 Å². The fraction of sp³-hybridized carbons (Fsp3) is 0.571. The van der Waals surface area contributed by atoms with Gasteiger partial charge in [0.15, 0.2) is 0 Å². The summed E-state index contributed by atoms with van der Waals surface area (Å²) in [6.07, 6.45) is -1.42. The van der Waals surface area contributed by atoms with Gasteiger partial charge in [-0.05, 0) is 30.9 Å². The molecule has 0 unspecified atom stereocenters. The molecule has 2 saturated heterocycles. The number of carbonyl (C=O) groups is 1. The van der Waals surface area contributed by atoms with Crippen LogP contribution in [0.3, 0.4) is 0 Å². The van der Waals surface area contributed by atoms with Crippen molar-refractivity contribution >= 4 is 6.03 Å². The molecule has 1 aromatic heterocycles. The fourth-order valence-electron chi connectivity index (χ4n) is 2.92. The highest BCUT2D eigenvalue weighted by atomic mass is 19.4. The van der Waals surface area contributed by atoms with Crippen molar-refractivity contribution in [3.63, 3.8) is 0 Å². The molecule has 3 aliphatic rings. The van der Waals surface area contributed by atoms with Crippen LogP contribution < -0.4 is 5.43 Å². The van der Waals surface area contributed by atoms with E-state index in [-0.39, 0.29) is 12.6 Å². The number of rotatable bonds is 3. The minimum absolute atomic E-state index is 0.100. The molecule has 0 atom stereocenters. The molecular formula is C14H17F3N4O. The first-order valence-electron chi connectivity index (χ1n) is 7.14. The van der Waals surface area contributed by atoms with Gasteiger partial charge in [-0.25, -0.2) is 10.2 Å². The third-order valence-electron chi connectivity index (χ3n) is 4.29. The van der Waals surface area contributed by atoms with Crippen molar-refractivity contribution in [3.8, 4) is 0 Å². The normalized spacial score (nSPS) is 23.4. The van der Waals surface area contributed by atoms with Gasteiger partial charge < -0.3 is 4.90 Å². The number of amides is 2. The number of hydrogen-bond acceptors (Lipinski definition) is 3. The molecule has 1 aromatic rings. The van der Waals surface area contributed by atoms with Gasteiger partial charge >= 0.3 is 12.2 Å². The van der Waals surface area contributed by atoms with Gasteiger partial charge in [0.1, 0.15) is 0 Å². The van der Waals surface area contributed by atoms with Crippen LogP contribution in [0, 0.1) is 5.92 Å². The van der Waals surface area contributed by atoms with Gasteiger partial charge in [0.25, 0.3) is 0 Å². The first kappa shape index (κ1) is 15.1. The van der Waals surface area contributed by atoms with Crippen molar-refractivity contribution in [1.82, 2.24) is 20.3 Å².